The molecule has 7 nitrogen and oxygen atoms in total. The summed E-state index contributed by atoms with van der Waals surface area (Å²) < 4.78 is 0. The summed E-state index contributed by atoms with van der Waals surface area (Å²) in [5.74, 6) is -0.157. The van der Waals surface area contributed by atoms with Crippen LogP contribution in [0.15, 0.2) is 24.3 Å². The van der Waals surface area contributed by atoms with E-state index in [9.17, 15) is 14.7 Å². The molecule has 2 aliphatic heterocycles. The van der Waals surface area contributed by atoms with Gasteiger partial charge in [0.15, 0.2) is 0 Å². The van der Waals surface area contributed by atoms with Crippen molar-refractivity contribution in [2.75, 3.05) is 39.3 Å². The Morgan fingerprint density at radius 1 is 1.19 bits per heavy atom. The maximum atomic E-state index is 12.2. The van der Waals surface area contributed by atoms with Gasteiger partial charge in [0, 0.05) is 39.3 Å². The van der Waals surface area contributed by atoms with E-state index >= 15 is 0 Å². The van der Waals surface area contributed by atoms with Gasteiger partial charge >= 0.3 is 0 Å². The van der Waals surface area contributed by atoms with Crippen molar-refractivity contribution in [1.82, 2.24) is 20.4 Å². The van der Waals surface area contributed by atoms with Crippen LogP contribution < -0.4 is 10.6 Å². The van der Waals surface area contributed by atoms with Crippen LogP contribution in [0.4, 0.5) is 0 Å². The van der Waals surface area contributed by atoms with Crippen LogP contribution in [0.25, 0.3) is 0 Å². The number of piperidine rings is 1. The van der Waals surface area contributed by atoms with Gasteiger partial charge in [-0.1, -0.05) is 24.3 Å². The van der Waals surface area contributed by atoms with Gasteiger partial charge in [0.1, 0.15) is 0 Å². The van der Waals surface area contributed by atoms with E-state index in [-0.39, 0.29) is 24.5 Å². The third kappa shape index (κ3) is 5.27. The van der Waals surface area contributed by atoms with Gasteiger partial charge in [0.2, 0.25) is 11.8 Å². The van der Waals surface area contributed by atoms with Crippen LogP contribution in [0.1, 0.15) is 24.0 Å². The van der Waals surface area contributed by atoms with Crippen molar-refractivity contribution in [2.24, 2.45) is 0 Å². The second-order valence-corrected chi connectivity index (χ2v) is 7.04. The Morgan fingerprint density at radius 2 is 1.92 bits per heavy atom. The fourth-order valence-corrected chi connectivity index (χ4v) is 3.44. The van der Waals surface area contributed by atoms with Crippen molar-refractivity contribution in [3.05, 3.63) is 35.4 Å². The van der Waals surface area contributed by atoms with Gasteiger partial charge in [0.05, 0.1) is 19.2 Å². The molecule has 2 amide bonds. The van der Waals surface area contributed by atoms with Gasteiger partial charge in [-0.15, -0.1) is 0 Å². The molecule has 0 saturated carbocycles. The second-order valence-electron chi connectivity index (χ2n) is 7.04. The number of piperazine rings is 1. The molecule has 2 heterocycles. The molecule has 2 fully saturated rings. The molecule has 3 N–H and O–H groups in total. The molecule has 1 aromatic rings. The molecule has 2 saturated heterocycles. The van der Waals surface area contributed by atoms with Crippen molar-refractivity contribution < 1.29 is 14.7 Å². The lowest BCUT2D eigenvalue weighted by Crippen LogP contribution is -2.51. The Labute approximate surface area is 154 Å². The number of rotatable bonds is 6. The average Bonchev–Trinajstić information content (AvgIpc) is 2.65. The van der Waals surface area contributed by atoms with Crippen LogP contribution in [0.3, 0.4) is 0 Å². The van der Waals surface area contributed by atoms with Crippen LogP contribution in [-0.2, 0) is 22.7 Å². The zero-order valence-corrected chi connectivity index (χ0v) is 15.1. The van der Waals surface area contributed by atoms with Gasteiger partial charge < -0.3 is 20.6 Å². The van der Waals surface area contributed by atoms with Crippen molar-refractivity contribution in [2.45, 2.75) is 32.0 Å². The monoisotopic (exact) mass is 360 g/mol. The standard InChI is InChI=1S/C19H28N4O3/c24-17-5-8-22(9-6-17)13-16-4-2-1-3-15(16)11-21-18(25)14-23-10-7-20-12-19(23)26/h1-4,17,20,24H,5-14H2,(H,21,25). The van der Waals surface area contributed by atoms with E-state index in [1.54, 1.807) is 4.90 Å². The number of aliphatic hydroxyl groups is 1. The number of aliphatic hydroxyl groups excluding tert-OH is 1. The summed E-state index contributed by atoms with van der Waals surface area (Å²) in [5, 5.41) is 15.6. The summed E-state index contributed by atoms with van der Waals surface area (Å²) in [5.41, 5.74) is 2.29. The van der Waals surface area contributed by atoms with Crippen molar-refractivity contribution in [3.63, 3.8) is 0 Å². The first-order chi connectivity index (χ1) is 12.6. The topological polar surface area (TPSA) is 84.9 Å². The van der Waals surface area contributed by atoms with E-state index in [0.717, 1.165) is 44.6 Å². The molecule has 0 atom stereocenters. The Balaban J connectivity index is 1.51. The van der Waals surface area contributed by atoms with Crippen LogP contribution in [0.5, 0.6) is 0 Å². The van der Waals surface area contributed by atoms with E-state index in [2.05, 4.69) is 21.6 Å². The maximum absolute atomic E-state index is 12.2. The third-order valence-electron chi connectivity index (χ3n) is 5.07. The predicted molar refractivity (Wildman–Crippen MR) is 98.3 cm³/mol. The highest BCUT2D eigenvalue weighted by atomic mass is 16.3. The summed E-state index contributed by atoms with van der Waals surface area (Å²) in [4.78, 5) is 27.9. The summed E-state index contributed by atoms with van der Waals surface area (Å²) in [6.07, 6.45) is 1.46. The zero-order valence-electron chi connectivity index (χ0n) is 15.1. The first kappa shape index (κ1) is 18.8. The molecule has 2 aliphatic rings. The van der Waals surface area contributed by atoms with Gasteiger partial charge in [-0.2, -0.15) is 0 Å². The lowest BCUT2D eigenvalue weighted by atomic mass is 10.0. The largest absolute Gasteiger partial charge is 0.393 e. The molecule has 3 rings (SSSR count). The SMILES string of the molecule is O=C(CN1CCNCC1=O)NCc1ccccc1CN1CCC(O)CC1. The second kappa shape index (κ2) is 9.12. The van der Waals surface area contributed by atoms with E-state index in [1.165, 1.54) is 5.56 Å². The molecule has 0 spiro atoms. The summed E-state index contributed by atoms with van der Waals surface area (Å²) in [6.45, 7) is 4.81. The number of carbonyl (C=O) groups excluding carboxylic acids is 2. The highest BCUT2D eigenvalue weighted by molar-refractivity contribution is 5.86. The lowest BCUT2D eigenvalue weighted by Gasteiger charge is -2.30. The smallest absolute Gasteiger partial charge is 0.239 e. The summed E-state index contributed by atoms with van der Waals surface area (Å²) >= 11 is 0. The van der Waals surface area contributed by atoms with E-state index in [1.807, 2.05) is 18.2 Å². The number of nitrogens with zero attached hydrogens (tertiary/aromatic N) is 2. The summed E-state index contributed by atoms with van der Waals surface area (Å²) in [6, 6.07) is 8.11. The van der Waals surface area contributed by atoms with Crippen molar-refractivity contribution in [1.29, 1.82) is 0 Å². The normalized spacial score (nSPS) is 19.6. The van der Waals surface area contributed by atoms with Crippen LogP contribution in [0, 0.1) is 0 Å². The molecule has 26 heavy (non-hydrogen) atoms. The first-order valence-corrected chi connectivity index (χ1v) is 9.34. The number of hydrogen-bond donors (Lipinski definition) is 3. The number of nitrogens with one attached hydrogen (secondary N) is 2. The molecular weight excluding hydrogens is 332 g/mol. The minimum Gasteiger partial charge on any atom is -0.393 e. The molecule has 0 bridgehead atoms. The minimum absolute atomic E-state index is 0.0286. The number of carbonyl (C=O) groups is 2. The molecule has 0 aromatic heterocycles. The fraction of sp³-hybridized carbons (Fsp3) is 0.579. The Hall–Kier alpha value is -1.96. The fourth-order valence-electron chi connectivity index (χ4n) is 3.44. The number of hydrogen-bond acceptors (Lipinski definition) is 5. The van der Waals surface area contributed by atoms with Crippen molar-refractivity contribution >= 4 is 11.8 Å². The molecule has 0 radical (unpaired) electrons. The van der Waals surface area contributed by atoms with Crippen LogP contribution >= 0.6 is 0 Å². The van der Waals surface area contributed by atoms with Gasteiger partial charge in [-0.05, 0) is 24.0 Å². The van der Waals surface area contributed by atoms with Crippen LogP contribution in [0.2, 0.25) is 0 Å². The zero-order chi connectivity index (χ0) is 18.4. The molecule has 1 aromatic carbocycles. The highest BCUT2D eigenvalue weighted by Gasteiger charge is 2.20. The molecule has 7 heteroatoms. The predicted octanol–water partition coefficient (Wildman–Crippen LogP) is -0.309. The van der Waals surface area contributed by atoms with Gasteiger partial charge in [0.25, 0.3) is 0 Å². The first-order valence-electron chi connectivity index (χ1n) is 9.34. The number of amides is 2. The minimum atomic E-state index is -0.173. The Morgan fingerprint density at radius 3 is 2.65 bits per heavy atom. The van der Waals surface area contributed by atoms with Crippen molar-refractivity contribution in [3.8, 4) is 0 Å². The van der Waals surface area contributed by atoms with Crippen LogP contribution in [-0.4, -0.2) is 72.1 Å². The molecule has 0 aliphatic carbocycles. The molecule has 142 valence electrons. The van der Waals surface area contributed by atoms with Gasteiger partial charge in [-0.3, -0.25) is 14.5 Å². The highest BCUT2D eigenvalue weighted by Crippen LogP contribution is 2.16. The Bertz CT molecular complexity index is 629. The number of benzene rings is 1. The Kier molecular flexibility index (Phi) is 6.60. The molecular formula is C19H28N4O3. The quantitative estimate of drug-likeness (QED) is 0.648. The number of likely N-dealkylation sites (tertiary alicyclic amines) is 1. The van der Waals surface area contributed by atoms with Gasteiger partial charge in [-0.25, -0.2) is 0 Å². The third-order valence-corrected chi connectivity index (χ3v) is 5.07. The summed E-state index contributed by atoms with van der Waals surface area (Å²) in [7, 11) is 0. The van der Waals surface area contributed by atoms with E-state index in [4.69, 9.17) is 0 Å². The average molecular weight is 360 g/mol. The van der Waals surface area contributed by atoms with E-state index < -0.39 is 0 Å². The van der Waals surface area contributed by atoms with E-state index in [0.29, 0.717) is 19.6 Å². The maximum Gasteiger partial charge on any atom is 0.239 e. The molecule has 0 unspecified atom stereocenters. The lowest BCUT2D eigenvalue weighted by molar-refractivity contribution is -0.136.